The van der Waals surface area contributed by atoms with Crippen LogP contribution in [0.3, 0.4) is 0 Å². The summed E-state index contributed by atoms with van der Waals surface area (Å²) in [6.07, 6.45) is 0. The third kappa shape index (κ3) is 2.32. The number of hydrogen-bond acceptors (Lipinski definition) is 3. The molecule has 0 aliphatic rings. The Balaban J connectivity index is 2.63. The molecule has 0 saturated carbocycles. The first kappa shape index (κ1) is 14.6. The molecular formula is C14H11Cl2N3O. The zero-order valence-electron chi connectivity index (χ0n) is 10.7. The molecule has 0 radical (unpaired) electrons. The number of benzene rings is 1. The normalized spacial score (nSPS) is 10.3. The summed E-state index contributed by atoms with van der Waals surface area (Å²) in [6.45, 7) is 1.62. The van der Waals surface area contributed by atoms with Crippen molar-refractivity contribution < 1.29 is 4.79 Å². The van der Waals surface area contributed by atoms with Crippen molar-refractivity contribution in [2.45, 2.75) is 6.92 Å². The molecule has 0 amide bonds. The van der Waals surface area contributed by atoms with E-state index in [9.17, 15) is 4.79 Å². The molecule has 0 atom stereocenters. The maximum absolute atomic E-state index is 11.8. The van der Waals surface area contributed by atoms with Crippen LogP contribution in [0.15, 0.2) is 24.3 Å². The van der Waals surface area contributed by atoms with Crippen molar-refractivity contribution >= 4 is 29.0 Å². The molecule has 6 heteroatoms. The summed E-state index contributed by atoms with van der Waals surface area (Å²) in [5.41, 5.74) is 7.61. The average Bonchev–Trinajstić information content (AvgIpc) is 2.69. The zero-order valence-corrected chi connectivity index (χ0v) is 12.2. The van der Waals surface area contributed by atoms with Crippen LogP contribution in [0.1, 0.15) is 21.6 Å². The largest absolute Gasteiger partial charge is 0.324 e. The third-order valence-corrected chi connectivity index (χ3v) is 3.84. The first-order chi connectivity index (χ1) is 9.51. The van der Waals surface area contributed by atoms with Gasteiger partial charge in [-0.3, -0.25) is 4.79 Å². The van der Waals surface area contributed by atoms with Crippen LogP contribution in [0.5, 0.6) is 0 Å². The molecule has 20 heavy (non-hydrogen) atoms. The van der Waals surface area contributed by atoms with Crippen molar-refractivity contribution in [1.82, 2.24) is 4.57 Å². The summed E-state index contributed by atoms with van der Waals surface area (Å²) in [7, 11) is 0. The van der Waals surface area contributed by atoms with Crippen LogP contribution >= 0.6 is 23.2 Å². The number of Topliss-reactive ketones (excluding diaryl/α,β-unsaturated/α-hetero) is 1. The van der Waals surface area contributed by atoms with E-state index in [1.165, 1.54) is 0 Å². The SMILES string of the molecule is Cc1c(C(=O)CN)c(Cl)c(Cl)n1-c1ccc(C#N)cc1. The summed E-state index contributed by atoms with van der Waals surface area (Å²) >= 11 is 12.3. The minimum absolute atomic E-state index is 0.131. The van der Waals surface area contributed by atoms with Crippen molar-refractivity contribution in [3.05, 3.63) is 51.3 Å². The van der Waals surface area contributed by atoms with Gasteiger partial charge >= 0.3 is 0 Å². The lowest BCUT2D eigenvalue weighted by atomic mass is 10.1. The number of hydrogen-bond donors (Lipinski definition) is 1. The van der Waals surface area contributed by atoms with Gasteiger partial charge in [-0.15, -0.1) is 0 Å². The van der Waals surface area contributed by atoms with E-state index in [1.54, 1.807) is 35.8 Å². The number of aromatic nitrogens is 1. The van der Waals surface area contributed by atoms with Gasteiger partial charge in [0.2, 0.25) is 0 Å². The highest BCUT2D eigenvalue weighted by molar-refractivity contribution is 6.44. The molecule has 2 aromatic rings. The van der Waals surface area contributed by atoms with Crippen LogP contribution in [0.2, 0.25) is 10.2 Å². The number of carbonyl (C=O) groups excluding carboxylic acids is 1. The number of carbonyl (C=O) groups is 1. The molecule has 102 valence electrons. The van der Waals surface area contributed by atoms with Gasteiger partial charge in [0.15, 0.2) is 5.78 Å². The lowest BCUT2D eigenvalue weighted by molar-refractivity contribution is 0.100. The molecule has 0 bridgehead atoms. The Kier molecular flexibility index (Phi) is 4.15. The van der Waals surface area contributed by atoms with E-state index < -0.39 is 0 Å². The monoisotopic (exact) mass is 307 g/mol. The first-order valence-corrected chi connectivity index (χ1v) is 6.57. The van der Waals surface area contributed by atoms with Gasteiger partial charge in [-0.05, 0) is 31.2 Å². The Labute approximate surface area is 126 Å². The van der Waals surface area contributed by atoms with Crippen LogP contribution < -0.4 is 5.73 Å². The molecule has 0 unspecified atom stereocenters. The molecule has 0 aliphatic carbocycles. The molecule has 4 nitrogen and oxygen atoms in total. The minimum atomic E-state index is -0.262. The first-order valence-electron chi connectivity index (χ1n) is 5.81. The molecule has 0 saturated heterocycles. The highest BCUT2D eigenvalue weighted by Gasteiger charge is 2.22. The number of nitriles is 1. The van der Waals surface area contributed by atoms with Gasteiger partial charge in [0.1, 0.15) is 5.15 Å². The lowest BCUT2D eigenvalue weighted by Crippen LogP contribution is -2.14. The van der Waals surface area contributed by atoms with Crippen LogP contribution in [-0.2, 0) is 0 Å². The molecular weight excluding hydrogens is 297 g/mol. The molecule has 0 aliphatic heterocycles. The van der Waals surface area contributed by atoms with E-state index in [-0.39, 0.29) is 22.5 Å². The minimum Gasteiger partial charge on any atom is -0.324 e. The van der Waals surface area contributed by atoms with Gasteiger partial charge < -0.3 is 10.3 Å². The Bertz CT molecular complexity index is 712. The summed E-state index contributed by atoms with van der Waals surface area (Å²) in [4.78, 5) is 11.8. The number of ketones is 1. The van der Waals surface area contributed by atoms with Crippen LogP contribution in [0.4, 0.5) is 0 Å². The van der Waals surface area contributed by atoms with E-state index >= 15 is 0 Å². The Morgan fingerprint density at radius 2 is 1.95 bits per heavy atom. The number of rotatable bonds is 3. The maximum Gasteiger partial charge on any atom is 0.179 e. The Morgan fingerprint density at radius 3 is 2.45 bits per heavy atom. The highest BCUT2D eigenvalue weighted by atomic mass is 35.5. The van der Waals surface area contributed by atoms with Crippen molar-refractivity contribution in [3.8, 4) is 11.8 Å². The van der Waals surface area contributed by atoms with Gasteiger partial charge in [-0.25, -0.2) is 0 Å². The van der Waals surface area contributed by atoms with Crippen LogP contribution in [0.25, 0.3) is 5.69 Å². The van der Waals surface area contributed by atoms with Gasteiger partial charge in [0.25, 0.3) is 0 Å². The van der Waals surface area contributed by atoms with Crippen LogP contribution in [0, 0.1) is 18.3 Å². The molecule has 1 aromatic carbocycles. The fourth-order valence-corrected chi connectivity index (χ4v) is 2.68. The van der Waals surface area contributed by atoms with E-state index in [0.717, 1.165) is 5.69 Å². The van der Waals surface area contributed by atoms with Crippen molar-refractivity contribution in [2.75, 3.05) is 6.54 Å². The third-order valence-electron chi connectivity index (χ3n) is 3.01. The predicted molar refractivity (Wildman–Crippen MR) is 78.6 cm³/mol. The average molecular weight is 308 g/mol. The van der Waals surface area contributed by atoms with Crippen molar-refractivity contribution in [3.63, 3.8) is 0 Å². The smallest absolute Gasteiger partial charge is 0.179 e. The quantitative estimate of drug-likeness (QED) is 0.886. The lowest BCUT2D eigenvalue weighted by Gasteiger charge is -2.08. The highest BCUT2D eigenvalue weighted by Crippen LogP contribution is 2.34. The number of halogens is 2. The zero-order chi connectivity index (χ0) is 14.9. The van der Waals surface area contributed by atoms with Crippen molar-refractivity contribution in [1.29, 1.82) is 5.26 Å². The Morgan fingerprint density at radius 1 is 1.35 bits per heavy atom. The van der Waals surface area contributed by atoms with Gasteiger partial charge in [-0.1, -0.05) is 23.2 Å². The summed E-state index contributed by atoms with van der Waals surface area (Å²) < 4.78 is 1.66. The van der Waals surface area contributed by atoms with Crippen LogP contribution in [-0.4, -0.2) is 16.9 Å². The second-order valence-electron chi connectivity index (χ2n) is 4.19. The Hall–Kier alpha value is -1.80. The van der Waals surface area contributed by atoms with E-state index in [4.69, 9.17) is 34.2 Å². The molecule has 1 aromatic heterocycles. The maximum atomic E-state index is 11.8. The molecule has 0 spiro atoms. The summed E-state index contributed by atoms with van der Waals surface area (Å²) in [5, 5.41) is 9.25. The van der Waals surface area contributed by atoms with E-state index in [2.05, 4.69) is 0 Å². The van der Waals surface area contributed by atoms with Crippen molar-refractivity contribution in [2.24, 2.45) is 5.73 Å². The molecule has 0 fully saturated rings. The summed E-state index contributed by atoms with van der Waals surface area (Å²) in [5.74, 6) is -0.262. The molecule has 1 heterocycles. The molecule has 2 N–H and O–H groups in total. The fraction of sp³-hybridized carbons (Fsp3) is 0.143. The topological polar surface area (TPSA) is 71.8 Å². The summed E-state index contributed by atoms with van der Waals surface area (Å²) in [6, 6.07) is 8.86. The number of nitrogens with zero attached hydrogens (tertiary/aromatic N) is 2. The second kappa shape index (κ2) is 5.68. The standard InChI is InChI=1S/C14H11Cl2N3O/c1-8-12(11(20)7-18)13(15)14(16)19(8)10-4-2-9(6-17)3-5-10/h2-5H,7,18H2,1H3. The van der Waals surface area contributed by atoms with Gasteiger partial charge in [0, 0.05) is 11.4 Å². The predicted octanol–water partition coefficient (Wildman–Crippen LogP) is 3.11. The fourth-order valence-electron chi connectivity index (χ4n) is 2.04. The van der Waals surface area contributed by atoms with Gasteiger partial charge in [0.05, 0.1) is 28.8 Å². The molecule has 2 rings (SSSR count). The van der Waals surface area contributed by atoms with E-state index in [1.807, 2.05) is 6.07 Å². The van der Waals surface area contributed by atoms with E-state index in [0.29, 0.717) is 16.8 Å². The van der Waals surface area contributed by atoms with Gasteiger partial charge in [-0.2, -0.15) is 5.26 Å². The number of nitrogens with two attached hydrogens (primary N) is 1. The second-order valence-corrected chi connectivity index (χ2v) is 4.92.